The summed E-state index contributed by atoms with van der Waals surface area (Å²) in [6, 6.07) is 13.9. The minimum atomic E-state index is -0.520. The van der Waals surface area contributed by atoms with E-state index in [9.17, 15) is 9.18 Å². The van der Waals surface area contributed by atoms with Crippen molar-refractivity contribution < 1.29 is 18.3 Å². The number of aryl methyl sites for hydroxylation is 1. The summed E-state index contributed by atoms with van der Waals surface area (Å²) in [5.74, 6) is 0.462. The minimum absolute atomic E-state index is 0.0618. The second kappa shape index (κ2) is 7.39. The lowest BCUT2D eigenvalue weighted by molar-refractivity contribution is -0.117. The zero-order valence-electron chi connectivity index (χ0n) is 14.8. The molecular formula is C20H19FN2O3. The van der Waals surface area contributed by atoms with Crippen LogP contribution >= 0.6 is 0 Å². The first kappa shape index (κ1) is 17.7. The lowest BCUT2D eigenvalue weighted by Crippen LogP contribution is -2.28. The molecule has 1 amide bonds. The van der Waals surface area contributed by atoms with Crippen LogP contribution < -0.4 is 9.64 Å². The predicted octanol–water partition coefficient (Wildman–Crippen LogP) is 4.00. The highest BCUT2D eigenvalue weighted by molar-refractivity contribution is 5.94. The van der Waals surface area contributed by atoms with Gasteiger partial charge in [0.25, 0.3) is 0 Å². The summed E-state index contributed by atoms with van der Waals surface area (Å²) < 4.78 is 24.4. The Labute approximate surface area is 151 Å². The van der Waals surface area contributed by atoms with Crippen molar-refractivity contribution in [2.45, 2.75) is 13.3 Å². The summed E-state index contributed by atoms with van der Waals surface area (Å²) in [6.07, 6.45) is 0.0618. The van der Waals surface area contributed by atoms with E-state index in [1.165, 1.54) is 24.1 Å². The number of carbonyl (C=O) groups excluding carboxylic acids is 1. The highest BCUT2D eigenvalue weighted by Crippen LogP contribution is 2.25. The number of hydrogen-bond donors (Lipinski definition) is 0. The summed E-state index contributed by atoms with van der Waals surface area (Å²) in [5.41, 5.74) is 1.85. The molecule has 26 heavy (non-hydrogen) atoms. The Morgan fingerprint density at radius 3 is 2.62 bits per heavy atom. The third-order valence-corrected chi connectivity index (χ3v) is 4.13. The van der Waals surface area contributed by atoms with Gasteiger partial charge < -0.3 is 14.1 Å². The van der Waals surface area contributed by atoms with Crippen molar-refractivity contribution in [3.05, 3.63) is 65.8 Å². The zero-order valence-corrected chi connectivity index (χ0v) is 14.8. The molecule has 0 bridgehead atoms. The SMILES string of the molecule is COc1ccc(N(C)C(=O)Cc2nc(-c3ccccc3)oc2C)cc1F. The van der Waals surface area contributed by atoms with Crippen LogP contribution in [0, 0.1) is 12.7 Å². The minimum Gasteiger partial charge on any atom is -0.494 e. The first-order valence-electron chi connectivity index (χ1n) is 8.11. The van der Waals surface area contributed by atoms with Crippen LogP contribution in [0.3, 0.4) is 0 Å². The number of amides is 1. The standard InChI is InChI=1S/C20H19FN2O3/c1-13-17(22-20(26-13)14-7-5-4-6-8-14)12-19(24)23(2)15-9-10-18(25-3)16(21)11-15/h4-11H,12H2,1-3H3. The van der Waals surface area contributed by atoms with Gasteiger partial charge in [0.2, 0.25) is 11.8 Å². The number of rotatable bonds is 5. The van der Waals surface area contributed by atoms with E-state index in [-0.39, 0.29) is 18.1 Å². The monoisotopic (exact) mass is 354 g/mol. The van der Waals surface area contributed by atoms with E-state index in [0.29, 0.717) is 23.0 Å². The second-order valence-corrected chi connectivity index (χ2v) is 5.84. The van der Waals surface area contributed by atoms with Crippen LogP contribution in [0.5, 0.6) is 5.75 Å². The number of hydrogen-bond acceptors (Lipinski definition) is 4. The van der Waals surface area contributed by atoms with Gasteiger partial charge >= 0.3 is 0 Å². The predicted molar refractivity (Wildman–Crippen MR) is 96.7 cm³/mol. The Bertz CT molecular complexity index is 922. The molecular weight excluding hydrogens is 335 g/mol. The number of methoxy groups -OCH3 is 1. The van der Waals surface area contributed by atoms with E-state index in [1.807, 2.05) is 30.3 Å². The molecule has 0 fully saturated rings. The van der Waals surface area contributed by atoms with Crippen molar-refractivity contribution >= 4 is 11.6 Å². The lowest BCUT2D eigenvalue weighted by atomic mass is 10.2. The number of likely N-dealkylation sites (N-methyl/N-ethyl adjacent to an activating group) is 1. The normalized spacial score (nSPS) is 10.6. The van der Waals surface area contributed by atoms with Gasteiger partial charge in [-0.05, 0) is 31.2 Å². The molecule has 0 aliphatic rings. The molecule has 5 nitrogen and oxygen atoms in total. The van der Waals surface area contributed by atoms with Crippen molar-refractivity contribution in [1.29, 1.82) is 0 Å². The maximum absolute atomic E-state index is 13.9. The summed E-state index contributed by atoms with van der Waals surface area (Å²) in [5, 5.41) is 0. The molecule has 0 aliphatic carbocycles. The smallest absolute Gasteiger partial charge is 0.232 e. The molecule has 1 heterocycles. The summed E-state index contributed by atoms with van der Waals surface area (Å²) in [4.78, 5) is 18.4. The Kier molecular flexibility index (Phi) is 5.02. The number of carbonyl (C=O) groups is 1. The topological polar surface area (TPSA) is 55.6 Å². The van der Waals surface area contributed by atoms with Crippen molar-refractivity contribution in [2.24, 2.45) is 0 Å². The van der Waals surface area contributed by atoms with Crippen LogP contribution in [0.1, 0.15) is 11.5 Å². The molecule has 0 radical (unpaired) electrons. The molecule has 2 aromatic carbocycles. The Balaban J connectivity index is 1.77. The molecule has 0 N–H and O–H groups in total. The average Bonchev–Trinajstić information content (AvgIpc) is 3.02. The molecule has 6 heteroatoms. The first-order chi connectivity index (χ1) is 12.5. The molecule has 0 atom stereocenters. The quantitative estimate of drug-likeness (QED) is 0.695. The molecule has 0 saturated heterocycles. The van der Waals surface area contributed by atoms with E-state index in [0.717, 1.165) is 5.56 Å². The number of ether oxygens (including phenoxy) is 1. The van der Waals surface area contributed by atoms with Crippen molar-refractivity contribution in [1.82, 2.24) is 4.98 Å². The molecule has 0 unspecified atom stereocenters. The average molecular weight is 354 g/mol. The number of aromatic nitrogens is 1. The van der Waals surface area contributed by atoms with Crippen molar-refractivity contribution in [3.8, 4) is 17.2 Å². The molecule has 3 aromatic rings. The van der Waals surface area contributed by atoms with Gasteiger partial charge in [0, 0.05) is 24.4 Å². The van der Waals surface area contributed by atoms with Crippen LogP contribution in [0.2, 0.25) is 0 Å². The van der Waals surface area contributed by atoms with E-state index in [4.69, 9.17) is 9.15 Å². The third kappa shape index (κ3) is 3.59. The molecule has 1 aromatic heterocycles. The maximum Gasteiger partial charge on any atom is 0.232 e. The lowest BCUT2D eigenvalue weighted by Gasteiger charge is -2.17. The number of benzene rings is 2. The van der Waals surface area contributed by atoms with E-state index in [2.05, 4.69) is 4.98 Å². The molecule has 3 rings (SSSR count). The van der Waals surface area contributed by atoms with Crippen LogP contribution in [-0.2, 0) is 11.2 Å². The molecule has 0 spiro atoms. The van der Waals surface area contributed by atoms with Gasteiger partial charge in [0.1, 0.15) is 5.76 Å². The Hall–Kier alpha value is -3.15. The summed E-state index contributed by atoms with van der Waals surface area (Å²) in [7, 11) is 2.99. The first-order valence-corrected chi connectivity index (χ1v) is 8.11. The number of nitrogens with zero attached hydrogens (tertiary/aromatic N) is 2. The highest BCUT2D eigenvalue weighted by atomic mass is 19.1. The fourth-order valence-corrected chi connectivity index (χ4v) is 2.57. The highest BCUT2D eigenvalue weighted by Gasteiger charge is 2.19. The van der Waals surface area contributed by atoms with E-state index < -0.39 is 5.82 Å². The molecule has 0 aliphatic heterocycles. The van der Waals surface area contributed by atoms with E-state index >= 15 is 0 Å². The fraction of sp³-hybridized carbons (Fsp3) is 0.200. The maximum atomic E-state index is 13.9. The van der Waals surface area contributed by atoms with Crippen LogP contribution in [0.25, 0.3) is 11.5 Å². The van der Waals surface area contributed by atoms with Gasteiger partial charge in [0.15, 0.2) is 11.6 Å². The number of oxazole rings is 1. The largest absolute Gasteiger partial charge is 0.494 e. The van der Waals surface area contributed by atoms with Gasteiger partial charge in [-0.3, -0.25) is 4.79 Å². The number of anilines is 1. The van der Waals surface area contributed by atoms with Crippen LogP contribution in [0.15, 0.2) is 52.9 Å². The van der Waals surface area contributed by atoms with Gasteiger partial charge in [0.05, 0.1) is 19.2 Å². The Morgan fingerprint density at radius 2 is 1.96 bits per heavy atom. The van der Waals surface area contributed by atoms with Gasteiger partial charge in [-0.1, -0.05) is 18.2 Å². The Morgan fingerprint density at radius 1 is 1.23 bits per heavy atom. The molecule has 134 valence electrons. The van der Waals surface area contributed by atoms with Crippen LogP contribution in [-0.4, -0.2) is 25.0 Å². The van der Waals surface area contributed by atoms with Crippen molar-refractivity contribution in [2.75, 3.05) is 19.1 Å². The van der Waals surface area contributed by atoms with Gasteiger partial charge in [-0.2, -0.15) is 0 Å². The van der Waals surface area contributed by atoms with Gasteiger partial charge in [-0.25, -0.2) is 9.37 Å². The van der Waals surface area contributed by atoms with Crippen molar-refractivity contribution in [3.63, 3.8) is 0 Å². The fourth-order valence-electron chi connectivity index (χ4n) is 2.57. The zero-order chi connectivity index (χ0) is 18.7. The van der Waals surface area contributed by atoms with E-state index in [1.54, 1.807) is 20.0 Å². The molecule has 0 saturated carbocycles. The number of halogens is 1. The van der Waals surface area contributed by atoms with Gasteiger partial charge in [-0.15, -0.1) is 0 Å². The second-order valence-electron chi connectivity index (χ2n) is 5.84. The third-order valence-electron chi connectivity index (χ3n) is 4.13. The van der Waals surface area contributed by atoms with Crippen LogP contribution in [0.4, 0.5) is 10.1 Å². The summed E-state index contributed by atoms with van der Waals surface area (Å²) in [6.45, 7) is 1.77. The summed E-state index contributed by atoms with van der Waals surface area (Å²) >= 11 is 0.